The first-order valence-electron chi connectivity index (χ1n) is 10.2. The minimum absolute atomic E-state index is 0.139. The van der Waals surface area contributed by atoms with Gasteiger partial charge in [0.05, 0.1) is 24.0 Å². The summed E-state index contributed by atoms with van der Waals surface area (Å²) in [7, 11) is 1.25. The van der Waals surface area contributed by atoms with Crippen molar-refractivity contribution in [2.24, 2.45) is 0 Å². The van der Waals surface area contributed by atoms with Crippen molar-refractivity contribution in [3.05, 3.63) is 45.2 Å². The molecule has 1 N–H and O–H groups in total. The van der Waals surface area contributed by atoms with Gasteiger partial charge in [-0.2, -0.15) is 0 Å². The number of likely N-dealkylation sites (N-methyl/N-ethyl adjacent to an activating group) is 1. The number of nitrogens with one attached hydrogen (secondary N) is 1. The van der Waals surface area contributed by atoms with E-state index in [2.05, 4.69) is 10.3 Å². The molecule has 0 aliphatic carbocycles. The van der Waals surface area contributed by atoms with E-state index in [9.17, 15) is 19.2 Å². The predicted octanol–water partition coefficient (Wildman–Crippen LogP) is 0.784. The summed E-state index contributed by atoms with van der Waals surface area (Å²) in [6.45, 7) is 2.86. The van der Waals surface area contributed by atoms with Crippen molar-refractivity contribution in [2.75, 3.05) is 31.6 Å². The SMILES string of the molecule is CCN1C(=O)/C(=C/c2c(N3CCNC(=O)[C@@H]3CC(=O)OC)nc3ccccn3c2=O)SC1=S. The molecule has 0 aromatic carbocycles. The smallest absolute Gasteiger partial charge is 0.308 e. The molecule has 0 unspecified atom stereocenters. The van der Waals surface area contributed by atoms with Gasteiger partial charge in [-0.05, 0) is 25.1 Å². The number of nitrogens with zero attached hydrogens (tertiary/aromatic N) is 4. The number of fused-ring (bicyclic) bond motifs is 1. The Bertz CT molecular complexity index is 1260. The number of pyridine rings is 1. The summed E-state index contributed by atoms with van der Waals surface area (Å²) >= 11 is 6.39. The fraction of sp³-hybridized carbons (Fsp3) is 0.333. The lowest BCUT2D eigenvalue weighted by Crippen LogP contribution is -2.57. The van der Waals surface area contributed by atoms with Crippen molar-refractivity contribution in [1.29, 1.82) is 0 Å². The number of piperazine rings is 1. The minimum Gasteiger partial charge on any atom is -0.469 e. The summed E-state index contributed by atoms with van der Waals surface area (Å²) in [4.78, 5) is 58.9. The Labute approximate surface area is 198 Å². The van der Waals surface area contributed by atoms with E-state index in [1.165, 1.54) is 22.5 Å². The average Bonchev–Trinajstić information content (AvgIpc) is 3.08. The normalized spacial score (nSPS) is 20.0. The summed E-state index contributed by atoms with van der Waals surface area (Å²) in [5.74, 6) is -1.01. The van der Waals surface area contributed by atoms with Crippen molar-refractivity contribution >= 4 is 63.6 Å². The van der Waals surface area contributed by atoms with E-state index in [1.54, 1.807) is 29.3 Å². The first kappa shape index (κ1) is 22.9. The number of esters is 1. The summed E-state index contributed by atoms with van der Waals surface area (Å²) in [5.41, 5.74) is 0.110. The van der Waals surface area contributed by atoms with Crippen molar-refractivity contribution in [3.63, 3.8) is 0 Å². The van der Waals surface area contributed by atoms with Crippen LogP contribution in [-0.4, -0.2) is 69.2 Å². The summed E-state index contributed by atoms with van der Waals surface area (Å²) in [5, 5.41) is 2.74. The molecule has 2 aliphatic heterocycles. The zero-order valence-corrected chi connectivity index (χ0v) is 19.6. The topological polar surface area (TPSA) is 113 Å². The summed E-state index contributed by atoms with van der Waals surface area (Å²) < 4.78 is 6.53. The van der Waals surface area contributed by atoms with Gasteiger partial charge in [-0.15, -0.1) is 0 Å². The fourth-order valence-corrected chi connectivity index (χ4v) is 5.12. The standard InChI is InChI=1S/C21H21N5O5S2/c1-3-24-20(30)14(33-21(24)32)10-12-17(23-15-6-4-5-8-26(15)19(12)29)25-9-7-22-18(28)13(25)11-16(27)31-2/h4-6,8,10,13H,3,7,9,11H2,1-2H3,(H,22,28)/b14-10-/t13-/m0/s1. The number of carbonyl (C=O) groups is 3. The van der Waals surface area contributed by atoms with E-state index in [1.807, 2.05) is 6.92 Å². The van der Waals surface area contributed by atoms with E-state index in [0.29, 0.717) is 34.5 Å². The minimum atomic E-state index is -0.915. The van der Waals surface area contributed by atoms with Crippen LogP contribution in [0.1, 0.15) is 18.9 Å². The highest BCUT2D eigenvalue weighted by Gasteiger charge is 2.36. The fourth-order valence-electron chi connectivity index (χ4n) is 3.75. The highest BCUT2D eigenvalue weighted by Crippen LogP contribution is 2.33. The number of anilines is 1. The molecule has 2 aromatic rings. The Morgan fingerprint density at radius 3 is 2.85 bits per heavy atom. The summed E-state index contributed by atoms with van der Waals surface area (Å²) in [6.07, 6.45) is 2.84. The lowest BCUT2D eigenvalue weighted by Gasteiger charge is -2.36. The van der Waals surface area contributed by atoms with Gasteiger partial charge in [0.25, 0.3) is 11.5 Å². The molecule has 172 valence electrons. The molecule has 2 aromatic heterocycles. The van der Waals surface area contributed by atoms with Crippen LogP contribution in [-0.2, 0) is 19.1 Å². The van der Waals surface area contributed by atoms with E-state index < -0.39 is 17.6 Å². The van der Waals surface area contributed by atoms with Crippen molar-refractivity contribution in [3.8, 4) is 0 Å². The highest BCUT2D eigenvalue weighted by molar-refractivity contribution is 8.26. The second kappa shape index (κ2) is 9.32. The number of hydrogen-bond donors (Lipinski definition) is 1. The van der Waals surface area contributed by atoms with Crippen LogP contribution in [0.3, 0.4) is 0 Å². The van der Waals surface area contributed by atoms with E-state index in [0.717, 1.165) is 11.8 Å². The van der Waals surface area contributed by atoms with Gasteiger partial charge >= 0.3 is 5.97 Å². The number of hydrogen-bond acceptors (Lipinski definition) is 9. The number of thioether (sulfide) groups is 1. The number of methoxy groups -OCH3 is 1. The molecular weight excluding hydrogens is 466 g/mol. The number of rotatable bonds is 5. The molecule has 0 saturated carbocycles. The van der Waals surface area contributed by atoms with Crippen LogP contribution >= 0.6 is 24.0 Å². The molecule has 10 nitrogen and oxygen atoms in total. The molecule has 1 atom stereocenters. The zero-order chi connectivity index (χ0) is 23.7. The van der Waals surface area contributed by atoms with Gasteiger partial charge in [0.2, 0.25) is 5.91 Å². The average molecular weight is 488 g/mol. The van der Waals surface area contributed by atoms with Crippen molar-refractivity contribution in [2.45, 2.75) is 19.4 Å². The van der Waals surface area contributed by atoms with Crippen LogP contribution < -0.4 is 15.8 Å². The lowest BCUT2D eigenvalue weighted by atomic mass is 10.1. The van der Waals surface area contributed by atoms with Gasteiger partial charge in [-0.25, -0.2) is 4.98 Å². The van der Waals surface area contributed by atoms with Crippen LogP contribution in [0.2, 0.25) is 0 Å². The van der Waals surface area contributed by atoms with Gasteiger partial charge in [0.15, 0.2) is 0 Å². The third-order valence-electron chi connectivity index (χ3n) is 5.40. The Balaban J connectivity index is 1.90. The van der Waals surface area contributed by atoms with Gasteiger partial charge in [-0.1, -0.05) is 30.0 Å². The second-order valence-corrected chi connectivity index (χ2v) is 8.97. The molecule has 2 amide bonds. The number of aromatic nitrogens is 2. The van der Waals surface area contributed by atoms with Crippen LogP contribution in [0, 0.1) is 0 Å². The number of carbonyl (C=O) groups excluding carboxylic acids is 3. The summed E-state index contributed by atoms with van der Waals surface area (Å²) in [6, 6.07) is 4.20. The maximum absolute atomic E-state index is 13.5. The molecule has 2 fully saturated rings. The zero-order valence-electron chi connectivity index (χ0n) is 17.9. The quantitative estimate of drug-likeness (QED) is 0.371. The third-order valence-corrected chi connectivity index (χ3v) is 6.78. The van der Waals surface area contributed by atoms with Crippen molar-refractivity contribution < 1.29 is 19.1 Å². The molecule has 12 heteroatoms. The van der Waals surface area contributed by atoms with E-state index in [4.69, 9.17) is 17.0 Å². The van der Waals surface area contributed by atoms with Crippen LogP contribution in [0.5, 0.6) is 0 Å². The monoisotopic (exact) mass is 487 g/mol. The van der Waals surface area contributed by atoms with E-state index >= 15 is 0 Å². The van der Waals surface area contributed by atoms with E-state index in [-0.39, 0.29) is 29.6 Å². The Morgan fingerprint density at radius 1 is 1.36 bits per heavy atom. The largest absolute Gasteiger partial charge is 0.469 e. The van der Waals surface area contributed by atoms with Crippen LogP contribution in [0.4, 0.5) is 5.82 Å². The Hall–Kier alpha value is -3.25. The molecule has 4 rings (SSSR count). The maximum Gasteiger partial charge on any atom is 0.308 e. The Morgan fingerprint density at radius 2 is 2.15 bits per heavy atom. The number of amides is 2. The molecule has 2 aliphatic rings. The Kier molecular flexibility index (Phi) is 6.47. The van der Waals surface area contributed by atoms with Gasteiger partial charge < -0.3 is 15.0 Å². The van der Waals surface area contributed by atoms with Crippen LogP contribution in [0.25, 0.3) is 11.7 Å². The molecular formula is C21H21N5O5S2. The van der Waals surface area contributed by atoms with Crippen molar-refractivity contribution in [1.82, 2.24) is 19.6 Å². The predicted molar refractivity (Wildman–Crippen MR) is 128 cm³/mol. The molecule has 4 heterocycles. The molecule has 2 saturated heterocycles. The number of ether oxygens (including phenoxy) is 1. The maximum atomic E-state index is 13.5. The molecule has 0 spiro atoms. The van der Waals surface area contributed by atoms with Gasteiger partial charge in [0.1, 0.15) is 21.8 Å². The molecule has 0 radical (unpaired) electrons. The first-order valence-corrected chi connectivity index (χ1v) is 11.5. The van der Waals surface area contributed by atoms with Gasteiger partial charge in [0, 0.05) is 25.8 Å². The highest BCUT2D eigenvalue weighted by atomic mass is 32.2. The first-order chi connectivity index (χ1) is 15.8. The lowest BCUT2D eigenvalue weighted by molar-refractivity contribution is -0.143. The second-order valence-electron chi connectivity index (χ2n) is 7.29. The molecule has 0 bridgehead atoms. The van der Waals surface area contributed by atoms with Gasteiger partial charge in [-0.3, -0.25) is 28.5 Å². The number of thiocarbonyl (C=S) groups is 1. The molecule has 33 heavy (non-hydrogen) atoms. The third kappa shape index (κ3) is 4.23. The van der Waals surface area contributed by atoms with Crippen LogP contribution in [0.15, 0.2) is 34.1 Å².